The van der Waals surface area contributed by atoms with Crippen molar-refractivity contribution >= 4 is 15.9 Å². The van der Waals surface area contributed by atoms with Crippen molar-refractivity contribution in [2.45, 2.75) is 38.6 Å². The molecule has 0 aliphatic rings. The molecule has 0 fully saturated rings. The maximum absolute atomic E-state index is 12.3. The highest BCUT2D eigenvalue weighted by Crippen LogP contribution is 2.18. The highest BCUT2D eigenvalue weighted by atomic mass is 32.2. The molecule has 1 heterocycles. The van der Waals surface area contributed by atoms with Gasteiger partial charge in [-0.1, -0.05) is 35.5 Å². The summed E-state index contributed by atoms with van der Waals surface area (Å²) >= 11 is 0. The van der Waals surface area contributed by atoms with E-state index in [1.165, 1.54) is 0 Å². The van der Waals surface area contributed by atoms with Gasteiger partial charge in [-0.05, 0) is 26.3 Å². The van der Waals surface area contributed by atoms with E-state index < -0.39 is 10.0 Å². The molecule has 136 valence electrons. The van der Waals surface area contributed by atoms with Gasteiger partial charge in [0.05, 0.1) is 0 Å². The van der Waals surface area contributed by atoms with Crippen molar-refractivity contribution in [1.29, 1.82) is 0 Å². The molecule has 0 aliphatic carbocycles. The van der Waals surface area contributed by atoms with Gasteiger partial charge in [-0.3, -0.25) is 4.79 Å². The van der Waals surface area contributed by atoms with Crippen LogP contribution in [0.1, 0.15) is 30.4 Å². The summed E-state index contributed by atoms with van der Waals surface area (Å²) in [5.74, 6) is 0.128. The lowest BCUT2D eigenvalue weighted by atomic mass is 10.2. The fraction of sp³-hybridized carbons (Fsp3) is 0.412. The van der Waals surface area contributed by atoms with E-state index in [1.54, 1.807) is 18.7 Å². The first kappa shape index (κ1) is 19.1. The molecule has 7 nitrogen and oxygen atoms in total. The normalized spacial score (nSPS) is 11.5. The fourth-order valence-corrected chi connectivity index (χ4v) is 3.92. The third kappa shape index (κ3) is 4.90. The number of nitrogens with one attached hydrogen (secondary N) is 1. The molecular formula is C17H23N3O4S. The Balaban J connectivity index is 1.92. The quantitative estimate of drug-likeness (QED) is 0.772. The summed E-state index contributed by atoms with van der Waals surface area (Å²) in [5.41, 5.74) is 1.34. The number of nitrogens with zero attached hydrogens (tertiary/aromatic N) is 2. The maximum Gasteiger partial charge on any atom is 0.245 e. The molecule has 0 radical (unpaired) electrons. The van der Waals surface area contributed by atoms with E-state index in [9.17, 15) is 13.2 Å². The smallest absolute Gasteiger partial charge is 0.245 e. The molecule has 0 saturated carbocycles. The van der Waals surface area contributed by atoms with E-state index in [0.717, 1.165) is 5.56 Å². The van der Waals surface area contributed by atoms with Crippen LogP contribution in [0.2, 0.25) is 0 Å². The summed E-state index contributed by atoms with van der Waals surface area (Å²) in [7, 11) is -3.74. The van der Waals surface area contributed by atoms with Gasteiger partial charge in [0.2, 0.25) is 15.9 Å². The minimum Gasteiger partial charge on any atom is -0.360 e. The van der Waals surface area contributed by atoms with Gasteiger partial charge in [0.15, 0.2) is 5.76 Å². The Labute approximate surface area is 148 Å². The number of hydrogen-bond donors (Lipinski definition) is 1. The van der Waals surface area contributed by atoms with Crippen LogP contribution in [-0.2, 0) is 21.4 Å². The first-order valence-corrected chi connectivity index (χ1v) is 9.57. The number of aryl methyl sites for hydroxylation is 2. The van der Waals surface area contributed by atoms with Crippen molar-refractivity contribution < 1.29 is 17.7 Å². The number of carbonyl (C=O) groups excluding carboxylic acids is 1. The molecule has 1 N–H and O–H groups in total. The molecule has 1 amide bonds. The number of benzene rings is 1. The highest BCUT2D eigenvalue weighted by Gasteiger charge is 2.24. The molecule has 8 heteroatoms. The van der Waals surface area contributed by atoms with Crippen LogP contribution in [0.15, 0.2) is 39.8 Å². The largest absolute Gasteiger partial charge is 0.360 e. The molecule has 0 bridgehead atoms. The molecule has 0 spiro atoms. The lowest BCUT2D eigenvalue weighted by molar-refractivity contribution is -0.131. The second-order valence-electron chi connectivity index (χ2n) is 5.69. The molecule has 25 heavy (non-hydrogen) atoms. The Morgan fingerprint density at radius 2 is 1.92 bits per heavy atom. The second-order valence-corrected chi connectivity index (χ2v) is 7.40. The van der Waals surface area contributed by atoms with Gasteiger partial charge >= 0.3 is 0 Å². The highest BCUT2D eigenvalue weighted by molar-refractivity contribution is 7.89. The number of sulfonamides is 1. The van der Waals surface area contributed by atoms with Crippen LogP contribution in [0.25, 0.3) is 0 Å². The van der Waals surface area contributed by atoms with Gasteiger partial charge in [0.25, 0.3) is 0 Å². The molecule has 1 aromatic carbocycles. The summed E-state index contributed by atoms with van der Waals surface area (Å²) in [6, 6.07) is 9.67. The molecule has 0 saturated heterocycles. The van der Waals surface area contributed by atoms with E-state index in [1.807, 2.05) is 37.3 Å². The van der Waals surface area contributed by atoms with Gasteiger partial charge < -0.3 is 9.42 Å². The first-order valence-electron chi connectivity index (χ1n) is 8.09. The predicted molar refractivity (Wildman–Crippen MR) is 93.3 cm³/mol. The van der Waals surface area contributed by atoms with E-state index in [2.05, 4.69) is 9.88 Å². The second kappa shape index (κ2) is 8.26. The van der Waals surface area contributed by atoms with Crippen LogP contribution in [0.3, 0.4) is 0 Å². The third-order valence-electron chi connectivity index (χ3n) is 3.82. The Bertz CT molecular complexity index is 796. The molecule has 0 aliphatic heterocycles. The van der Waals surface area contributed by atoms with Crippen LogP contribution in [0.4, 0.5) is 0 Å². The monoisotopic (exact) mass is 365 g/mol. The Morgan fingerprint density at radius 3 is 2.48 bits per heavy atom. The Kier molecular flexibility index (Phi) is 6.33. The number of rotatable bonds is 8. The standard InChI is InChI=1S/C17H23N3O4S/c1-4-20(12-15-8-6-5-7-9-15)16(21)10-11-18-25(22,23)17-13(2)19-24-14(17)3/h5-9,18H,4,10-12H2,1-3H3. The predicted octanol–water partition coefficient (Wildman–Crippen LogP) is 2.01. The summed E-state index contributed by atoms with van der Waals surface area (Å²) in [6.07, 6.45) is 0.0866. The average Bonchev–Trinajstić information content (AvgIpc) is 2.92. The first-order chi connectivity index (χ1) is 11.8. The lowest BCUT2D eigenvalue weighted by Crippen LogP contribution is -2.34. The van der Waals surface area contributed by atoms with Crippen molar-refractivity contribution in [3.05, 3.63) is 47.3 Å². The van der Waals surface area contributed by atoms with Crippen molar-refractivity contribution in [3.63, 3.8) is 0 Å². The fourth-order valence-electron chi connectivity index (χ4n) is 2.56. The van der Waals surface area contributed by atoms with E-state index in [4.69, 9.17) is 4.52 Å². The zero-order valence-electron chi connectivity index (χ0n) is 14.7. The van der Waals surface area contributed by atoms with Crippen molar-refractivity contribution in [2.24, 2.45) is 0 Å². The van der Waals surface area contributed by atoms with E-state index >= 15 is 0 Å². The van der Waals surface area contributed by atoms with Gasteiger partial charge in [-0.2, -0.15) is 0 Å². The van der Waals surface area contributed by atoms with E-state index in [0.29, 0.717) is 18.8 Å². The molecule has 2 aromatic rings. The summed E-state index contributed by atoms with van der Waals surface area (Å²) in [4.78, 5) is 14.1. The van der Waals surface area contributed by atoms with Gasteiger partial charge in [-0.15, -0.1) is 0 Å². The van der Waals surface area contributed by atoms with Crippen LogP contribution < -0.4 is 4.72 Å². The minimum absolute atomic E-state index is 0.0243. The van der Waals surface area contributed by atoms with Crippen molar-refractivity contribution in [1.82, 2.24) is 14.8 Å². The minimum atomic E-state index is -3.74. The summed E-state index contributed by atoms with van der Waals surface area (Å²) in [5, 5.41) is 3.64. The Hall–Kier alpha value is -2.19. The van der Waals surface area contributed by atoms with E-state index in [-0.39, 0.29) is 29.5 Å². The molecule has 0 unspecified atom stereocenters. The topological polar surface area (TPSA) is 92.5 Å². The van der Waals surface area contributed by atoms with Gasteiger partial charge in [0, 0.05) is 26.1 Å². The van der Waals surface area contributed by atoms with Crippen LogP contribution in [-0.4, -0.2) is 37.5 Å². The van der Waals surface area contributed by atoms with Crippen molar-refractivity contribution in [2.75, 3.05) is 13.1 Å². The van der Waals surface area contributed by atoms with Crippen LogP contribution in [0, 0.1) is 13.8 Å². The number of amides is 1. The van der Waals surface area contributed by atoms with Crippen LogP contribution >= 0.6 is 0 Å². The van der Waals surface area contributed by atoms with Crippen molar-refractivity contribution in [3.8, 4) is 0 Å². The maximum atomic E-state index is 12.3. The zero-order valence-corrected chi connectivity index (χ0v) is 15.5. The molecule has 0 atom stereocenters. The third-order valence-corrected chi connectivity index (χ3v) is 5.52. The van der Waals surface area contributed by atoms with Gasteiger partial charge in [-0.25, -0.2) is 13.1 Å². The lowest BCUT2D eigenvalue weighted by Gasteiger charge is -2.21. The Morgan fingerprint density at radius 1 is 1.24 bits per heavy atom. The number of hydrogen-bond acceptors (Lipinski definition) is 5. The molecule has 2 rings (SSSR count). The summed E-state index contributed by atoms with van der Waals surface area (Å²) < 4.78 is 31.9. The number of aromatic nitrogens is 1. The molecule has 1 aromatic heterocycles. The average molecular weight is 365 g/mol. The zero-order chi connectivity index (χ0) is 18.4. The summed E-state index contributed by atoms with van der Waals surface area (Å²) in [6.45, 7) is 6.09. The van der Waals surface area contributed by atoms with Crippen LogP contribution in [0.5, 0.6) is 0 Å². The van der Waals surface area contributed by atoms with Gasteiger partial charge in [0.1, 0.15) is 10.6 Å². The number of carbonyl (C=O) groups is 1. The molecular weight excluding hydrogens is 342 g/mol. The SMILES string of the molecule is CCN(Cc1ccccc1)C(=O)CCNS(=O)(=O)c1c(C)noc1C.